The van der Waals surface area contributed by atoms with E-state index in [0.29, 0.717) is 6.42 Å². The summed E-state index contributed by atoms with van der Waals surface area (Å²) in [4.78, 5) is 38.2. The van der Waals surface area contributed by atoms with Crippen LogP contribution in [0, 0.1) is 0 Å². The van der Waals surface area contributed by atoms with E-state index in [1.807, 2.05) is 6.92 Å². The highest BCUT2D eigenvalue weighted by molar-refractivity contribution is 6.05. The molecule has 2 aromatic rings. The third kappa shape index (κ3) is 2.86. The summed E-state index contributed by atoms with van der Waals surface area (Å²) in [6, 6.07) is 0. The SMILES string of the molecule is CCCn1c(=O)[nH]c(N)c(NC(=O)c2cnn(C)c2)c1=O. The van der Waals surface area contributed by atoms with Gasteiger partial charge in [-0.1, -0.05) is 6.92 Å². The zero-order chi connectivity index (χ0) is 15.6. The fraction of sp³-hybridized carbons (Fsp3) is 0.333. The molecule has 0 fully saturated rings. The molecule has 9 heteroatoms. The summed E-state index contributed by atoms with van der Waals surface area (Å²) in [5, 5.41) is 6.28. The van der Waals surface area contributed by atoms with Crippen molar-refractivity contribution in [3.63, 3.8) is 0 Å². The molecular weight excluding hydrogens is 276 g/mol. The summed E-state index contributed by atoms with van der Waals surface area (Å²) < 4.78 is 2.45. The molecule has 0 saturated heterocycles. The molecule has 0 aliphatic carbocycles. The second kappa shape index (κ2) is 5.65. The van der Waals surface area contributed by atoms with Crippen molar-refractivity contribution in [2.75, 3.05) is 11.1 Å². The molecule has 4 N–H and O–H groups in total. The van der Waals surface area contributed by atoms with Crippen molar-refractivity contribution in [3.8, 4) is 0 Å². The van der Waals surface area contributed by atoms with E-state index in [-0.39, 0.29) is 23.6 Å². The first-order valence-corrected chi connectivity index (χ1v) is 6.36. The average Bonchev–Trinajstić information content (AvgIpc) is 2.86. The second-order valence-corrected chi connectivity index (χ2v) is 4.53. The normalized spacial score (nSPS) is 10.6. The molecule has 21 heavy (non-hydrogen) atoms. The van der Waals surface area contributed by atoms with E-state index in [4.69, 9.17) is 5.73 Å². The van der Waals surface area contributed by atoms with E-state index in [9.17, 15) is 14.4 Å². The molecule has 0 bridgehead atoms. The number of nitrogens with zero attached hydrogens (tertiary/aromatic N) is 3. The highest BCUT2D eigenvalue weighted by Crippen LogP contribution is 2.09. The zero-order valence-corrected chi connectivity index (χ0v) is 11.7. The van der Waals surface area contributed by atoms with Crippen LogP contribution in [0.2, 0.25) is 0 Å². The van der Waals surface area contributed by atoms with Crippen LogP contribution in [-0.4, -0.2) is 25.2 Å². The topological polar surface area (TPSA) is 128 Å². The first-order chi connectivity index (χ1) is 9.93. The van der Waals surface area contributed by atoms with Crippen molar-refractivity contribution in [3.05, 3.63) is 38.8 Å². The maximum Gasteiger partial charge on any atom is 0.330 e. The number of aryl methyl sites for hydroxylation is 1. The number of amides is 1. The highest BCUT2D eigenvalue weighted by Gasteiger charge is 2.16. The van der Waals surface area contributed by atoms with Gasteiger partial charge < -0.3 is 11.1 Å². The van der Waals surface area contributed by atoms with Gasteiger partial charge in [-0.15, -0.1) is 0 Å². The smallest absolute Gasteiger partial charge is 0.330 e. The Balaban J connectivity index is 2.40. The van der Waals surface area contributed by atoms with Crippen LogP contribution in [-0.2, 0) is 13.6 Å². The van der Waals surface area contributed by atoms with Crippen molar-refractivity contribution >= 4 is 17.4 Å². The molecule has 0 spiro atoms. The lowest BCUT2D eigenvalue weighted by atomic mass is 10.3. The maximum atomic E-state index is 12.2. The van der Waals surface area contributed by atoms with Crippen molar-refractivity contribution in [2.45, 2.75) is 19.9 Å². The number of H-pyrrole nitrogens is 1. The summed E-state index contributed by atoms with van der Waals surface area (Å²) in [7, 11) is 1.67. The Morgan fingerprint density at radius 3 is 2.76 bits per heavy atom. The van der Waals surface area contributed by atoms with Crippen molar-refractivity contribution in [1.29, 1.82) is 0 Å². The molecule has 2 heterocycles. The number of hydrogen-bond acceptors (Lipinski definition) is 5. The second-order valence-electron chi connectivity index (χ2n) is 4.53. The van der Waals surface area contributed by atoms with Crippen LogP contribution >= 0.6 is 0 Å². The molecule has 2 rings (SSSR count). The highest BCUT2D eigenvalue weighted by atomic mass is 16.2. The molecule has 9 nitrogen and oxygen atoms in total. The maximum absolute atomic E-state index is 12.2. The Bertz CT molecular complexity index is 785. The number of nitrogens with two attached hydrogens (primary N) is 1. The van der Waals surface area contributed by atoms with Crippen LogP contribution in [0.1, 0.15) is 23.7 Å². The first-order valence-electron chi connectivity index (χ1n) is 6.36. The molecule has 1 amide bonds. The minimum Gasteiger partial charge on any atom is -0.383 e. The van der Waals surface area contributed by atoms with Gasteiger partial charge >= 0.3 is 5.69 Å². The molecule has 112 valence electrons. The lowest BCUT2D eigenvalue weighted by molar-refractivity contribution is 0.102. The standard InChI is InChI=1S/C12H16N6O3/c1-3-4-18-11(20)8(9(13)16-12(18)21)15-10(19)7-5-14-17(2)6-7/h5-6H,3-4,13H2,1-2H3,(H,15,19)(H,16,21). The van der Waals surface area contributed by atoms with E-state index < -0.39 is 17.2 Å². The predicted molar refractivity (Wildman–Crippen MR) is 77.2 cm³/mol. The summed E-state index contributed by atoms with van der Waals surface area (Å²) in [6.45, 7) is 2.07. The van der Waals surface area contributed by atoms with Crippen LogP contribution in [0.4, 0.5) is 11.5 Å². The number of nitrogen functional groups attached to an aromatic ring is 1. The van der Waals surface area contributed by atoms with Crippen LogP contribution in [0.25, 0.3) is 0 Å². The van der Waals surface area contributed by atoms with Gasteiger partial charge in [-0.3, -0.25) is 23.8 Å². The monoisotopic (exact) mass is 292 g/mol. The number of nitrogens with one attached hydrogen (secondary N) is 2. The van der Waals surface area contributed by atoms with E-state index in [1.165, 1.54) is 17.1 Å². The van der Waals surface area contributed by atoms with E-state index in [0.717, 1.165) is 4.57 Å². The van der Waals surface area contributed by atoms with Gasteiger partial charge in [-0.05, 0) is 6.42 Å². The summed E-state index contributed by atoms with van der Waals surface area (Å²) in [5.74, 6) is -0.698. The van der Waals surface area contributed by atoms with Crippen molar-refractivity contribution in [2.24, 2.45) is 7.05 Å². The van der Waals surface area contributed by atoms with Gasteiger partial charge in [-0.2, -0.15) is 5.10 Å². The van der Waals surface area contributed by atoms with Crippen LogP contribution in [0.5, 0.6) is 0 Å². The third-order valence-electron chi connectivity index (χ3n) is 2.87. The molecule has 0 saturated carbocycles. The van der Waals surface area contributed by atoms with Crippen molar-refractivity contribution < 1.29 is 4.79 Å². The Morgan fingerprint density at radius 1 is 1.48 bits per heavy atom. The molecule has 0 aliphatic rings. The number of aromatic amines is 1. The fourth-order valence-electron chi connectivity index (χ4n) is 1.86. The predicted octanol–water partition coefficient (Wildman–Crippen LogP) is -0.485. The number of aromatic nitrogens is 4. The minimum absolute atomic E-state index is 0.142. The zero-order valence-electron chi connectivity index (χ0n) is 11.7. The quantitative estimate of drug-likeness (QED) is 0.701. The first kappa shape index (κ1) is 14.6. The van der Waals surface area contributed by atoms with Gasteiger partial charge in [0.15, 0.2) is 0 Å². The average molecular weight is 292 g/mol. The number of anilines is 2. The Kier molecular flexibility index (Phi) is 3.92. The number of rotatable bonds is 4. The van der Waals surface area contributed by atoms with Crippen molar-refractivity contribution in [1.82, 2.24) is 19.3 Å². The molecule has 0 atom stereocenters. The van der Waals surface area contributed by atoms with Gasteiger partial charge in [0.05, 0.1) is 11.8 Å². The molecule has 0 radical (unpaired) electrons. The van der Waals surface area contributed by atoms with Crippen LogP contribution < -0.4 is 22.3 Å². The van der Waals surface area contributed by atoms with Gasteiger partial charge in [-0.25, -0.2) is 4.79 Å². The minimum atomic E-state index is -0.629. The van der Waals surface area contributed by atoms with Gasteiger partial charge in [0.2, 0.25) is 0 Å². The number of carbonyl (C=O) groups excluding carboxylic acids is 1. The van der Waals surface area contributed by atoms with E-state index in [1.54, 1.807) is 7.05 Å². The molecule has 0 aromatic carbocycles. The lowest BCUT2D eigenvalue weighted by Crippen LogP contribution is -2.38. The summed E-state index contributed by atoms with van der Waals surface area (Å²) in [5.41, 5.74) is 4.53. The van der Waals surface area contributed by atoms with Crippen LogP contribution in [0.3, 0.4) is 0 Å². The largest absolute Gasteiger partial charge is 0.383 e. The molecule has 0 aliphatic heterocycles. The lowest BCUT2D eigenvalue weighted by Gasteiger charge is -2.09. The van der Waals surface area contributed by atoms with Crippen LogP contribution in [0.15, 0.2) is 22.0 Å². The third-order valence-corrected chi connectivity index (χ3v) is 2.87. The number of carbonyl (C=O) groups is 1. The molecule has 2 aromatic heterocycles. The fourth-order valence-corrected chi connectivity index (χ4v) is 1.86. The van der Waals surface area contributed by atoms with E-state index >= 15 is 0 Å². The summed E-state index contributed by atoms with van der Waals surface area (Å²) in [6.07, 6.45) is 3.46. The number of hydrogen-bond donors (Lipinski definition) is 3. The van der Waals surface area contributed by atoms with Gasteiger partial charge in [0, 0.05) is 19.8 Å². The van der Waals surface area contributed by atoms with E-state index in [2.05, 4.69) is 15.4 Å². The molecule has 0 unspecified atom stereocenters. The Labute approximate surface area is 119 Å². The van der Waals surface area contributed by atoms with Gasteiger partial charge in [0.1, 0.15) is 11.5 Å². The van der Waals surface area contributed by atoms with Gasteiger partial charge in [0.25, 0.3) is 11.5 Å². The Hall–Kier alpha value is -2.84. The summed E-state index contributed by atoms with van der Waals surface area (Å²) >= 11 is 0. The Morgan fingerprint density at radius 2 is 2.19 bits per heavy atom. The molecular formula is C12H16N6O3.